The molecule has 0 radical (unpaired) electrons. The van der Waals surface area contributed by atoms with Crippen LogP contribution in [-0.4, -0.2) is 43.8 Å². The summed E-state index contributed by atoms with van der Waals surface area (Å²) in [6.07, 6.45) is -4.12. The first-order valence-electron chi connectivity index (χ1n) is 6.41. The zero-order chi connectivity index (χ0) is 14.8. The van der Waals surface area contributed by atoms with Crippen LogP contribution in [0.4, 0.5) is 18.9 Å². The summed E-state index contributed by atoms with van der Waals surface area (Å²) in [5.41, 5.74) is 7.65. The summed E-state index contributed by atoms with van der Waals surface area (Å²) in [5.74, 6) is 0. The smallest absolute Gasteiger partial charge is 0.369 e. The molecule has 0 spiro atoms. The van der Waals surface area contributed by atoms with Crippen molar-refractivity contribution >= 4 is 21.6 Å². The minimum Gasteiger partial charge on any atom is -0.369 e. The van der Waals surface area contributed by atoms with Gasteiger partial charge in [0.2, 0.25) is 0 Å². The lowest BCUT2D eigenvalue weighted by molar-refractivity contribution is -0.146. The topological polar surface area (TPSA) is 32.5 Å². The van der Waals surface area contributed by atoms with Crippen molar-refractivity contribution in [3.8, 4) is 0 Å². The molecule has 1 fully saturated rings. The first kappa shape index (κ1) is 15.6. The van der Waals surface area contributed by atoms with Crippen LogP contribution in [0.2, 0.25) is 0 Å². The van der Waals surface area contributed by atoms with Crippen LogP contribution in [0.5, 0.6) is 0 Å². The predicted octanol–water partition coefficient (Wildman–Crippen LogP) is 2.59. The molecule has 112 valence electrons. The van der Waals surface area contributed by atoms with Crippen LogP contribution in [-0.2, 0) is 6.54 Å². The molecule has 1 heterocycles. The maximum Gasteiger partial charge on any atom is 0.401 e. The second-order valence-electron chi connectivity index (χ2n) is 4.90. The van der Waals surface area contributed by atoms with Crippen LogP contribution in [0.25, 0.3) is 0 Å². The second kappa shape index (κ2) is 6.32. The van der Waals surface area contributed by atoms with Crippen LogP contribution in [0.3, 0.4) is 0 Å². The Bertz CT molecular complexity index is 457. The highest BCUT2D eigenvalue weighted by Crippen LogP contribution is 2.25. The van der Waals surface area contributed by atoms with E-state index in [1.807, 2.05) is 18.2 Å². The Morgan fingerprint density at radius 1 is 1.10 bits per heavy atom. The minimum atomic E-state index is -4.12. The molecule has 0 saturated carbocycles. The van der Waals surface area contributed by atoms with E-state index in [1.165, 1.54) is 4.90 Å². The summed E-state index contributed by atoms with van der Waals surface area (Å²) in [6, 6.07) is 5.91. The van der Waals surface area contributed by atoms with Gasteiger partial charge in [-0.2, -0.15) is 13.2 Å². The van der Waals surface area contributed by atoms with Gasteiger partial charge in [-0.3, -0.25) is 4.90 Å². The molecule has 0 aromatic heterocycles. The molecule has 0 unspecified atom stereocenters. The third-order valence-electron chi connectivity index (χ3n) is 3.32. The number of rotatable bonds is 3. The third kappa shape index (κ3) is 4.36. The van der Waals surface area contributed by atoms with Gasteiger partial charge in [0.05, 0.1) is 6.54 Å². The number of piperazine rings is 1. The lowest BCUT2D eigenvalue weighted by atomic mass is 10.1. The van der Waals surface area contributed by atoms with Gasteiger partial charge in [0, 0.05) is 42.9 Å². The quantitative estimate of drug-likeness (QED) is 0.908. The molecule has 0 bridgehead atoms. The molecule has 2 rings (SSSR count). The van der Waals surface area contributed by atoms with E-state index in [9.17, 15) is 13.2 Å². The molecular formula is C13H17BrF3N3. The van der Waals surface area contributed by atoms with Crippen molar-refractivity contribution in [1.29, 1.82) is 0 Å². The largest absolute Gasteiger partial charge is 0.401 e. The predicted molar refractivity (Wildman–Crippen MR) is 76.7 cm³/mol. The summed E-state index contributed by atoms with van der Waals surface area (Å²) in [4.78, 5) is 3.54. The van der Waals surface area contributed by atoms with Crippen molar-refractivity contribution in [3.05, 3.63) is 28.2 Å². The van der Waals surface area contributed by atoms with Gasteiger partial charge in [0.15, 0.2) is 0 Å². The van der Waals surface area contributed by atoms with Crippen LogP contribution in [0, 0.1) is 0 Å². The van der Waals surface area contributed by atoms with Gasteiger partial charge >= 0.3 is 6.18 Å². The Balaban J connectivity index is 1.98. The number of benzene rings is 1. The standard InChI is InChI=1S/C13H17BrF3N3/c14-11-5-10(8-18)6-12(7-11)20-3-1-19(2-4-20)9-13(15,16)17/h5-7H,1-4,8-9,18H2. The average Bonchev–Trinajstić information content (AvgIpc) is 2.37. The molecule has 2 N–H and O–H groups in total. The van der Waals surface area contributed by atoms with E-state index < -0.39 is 12.7 Å². The van der Waals surface area contributed by atoms with Crippen LogP contribution < -0.4 is 10.6 Å². The number of nitrogens with zero attached hydrogens (tertiary/aromatic N) is 2. The number of halogens is 4. The first-order valence-corrected chi connectivity index (χ1v) is 7.20. The lowest BCUT2D eigenvalue weighted by Gasteiger charge is -2.36. The Morgan fingerprint density at radius 2 is 1.75 bits per heavy atom. The van der Waals surface area contributed by atoms with Crippen molar-refractivity contribution in [2.24, 2.45) is 5.73 Å². The second-order valence-corrected chi connectivity index (χ2v) is 5.82. The Kier molecular flexibility index (Phi) is 4.93. The maximum atomic E-state index is 12.3. The van der Waals surface area contributed by atoms with E-state index in [0.717, 1.165) is 15.7 Å². The first-order chi connectivity index (χ1) is 9.37. The molecular weight excluding hydrogens is 335 g/mol. The Hall–Kier alpha value is -0.790. The molecule has 7 heteroatoms. The number of nitrogens with two attached hydrogens (primary N) is 1. The van der Waals surface area contributed by atoms with Crippen molar-refractivity contribution < 1.29 is 13.2 Å². The van der Waals surface area contributed by atoms with Gasteiger partial charge in [0.1, 0.15) is 0 Å². The fourth-order valence-corrected chi connectivity index (χ4v) is 2.88. The Labute approximate surface area is 124 Å². The van der Waals surface area contributed by atoms with Crippen LogP contribution >= 0.6 is 15.9 Å². The van der Waals surface area contributed by atoms with E-state index in [2.05, 4.69) is 20.8 Å². The van der Waals surface area contributed by atoms with E-state index in [4.69, 9.17) is 5.73 Å². The highest BCUT2D eigenvalue weighted by Gasteiger charge is 2.32. The van der Waals surface area contributed by atoms with E-state index in [1.54, 1.807) is 0 Å². The molecule has 20 heavy (non-hydrogen) atoms. The summed E-state index contributed by atoms with van der Waals surface area (Å²) < 4.78 is 37.9. The monoisotopic (exact) mass is 351 g/mol. The third-order valence-corrected chi connectivity index (χ3v) is 3.78. The van der Waals surface area contributed by atoms with Crippen molar-refractivity contribution in [1.82, 2.24) is 4.90 Å². The molecule has 0 amide bonds. The normalized spacial score (nSPS) is 17.6. The zero-order valence-electron chi connectivity index (χ0n) is 11.0. The van der Waals surface area contributed by atoms with Crippen LogP contribution in [0.1, 0.15) is 5.56 Å². The van der Waals surface area contributed by atoms with Crippen LogP contribution in [0.15, 0.2) is 22.7 Å². The SMILES string of the molecule is NCc1cc(Br)cc(N2CCN(CC(F)(F)F)CC2)c1. The molecule has 1 aliphatic rings. The molecule has 1 aliphatic heterocycles. The fraction of sp³-hybridized carbons (Fsp3) is 0.538. The average molecular weight is 352 g/mol. The van der Waals surface area contributed by atoms with Gasteiger partial charge in [-0.15, -0.1) is 0 Å². The van der Waals surface area contributed by atoms with Crippen molar-refractivity contribution in [3.63, 3.8) is 0 Å². The highest BCUT2D eigenvalue weighted by atomic mass is 79.9. The van der Waals surface area contributed by atoms with Crippen molar-refractivity contribution in [2.75, 3.05) is 37.6 Å². The van der Waals surface area contributed by atoms with E-state index in [0.29, 0.717) is 32.7 Å². The van der Waals surface area contributed by atoms with E-state index in [-0.39, 0.29) is 0 Å². The Morgan fingerprint density at radius 3 is 2.30 bits per heavy atom. The number of hydrogen-bond acceptors (Lipinski definition) is 3. The van der Waals surface area contributed by atoms with Gasteiger partial charge in [-0.25, -0.2) is 0 Å². The minimum absolute atomic E-state index is 0.421. The maximum absolute atomic E-state index is 12.3. The molecule has 1 aromatic carbocycles. The van der Waals surface area contributed by atoms with Gasteiger partial charge in [-0.05, 0) is 23.8 Å². The van der Waals surface area contributed by atoms with Crippen molar-refractivity contribution in [2.45, 2.75) is 12.7 Å². The lowest BCUT2D eigenvalue weighted by Crippen LogP contribution is -2.49. The molecule has 0 aliphatic carbocycles. The van der Waals surface area contributed by atoms with Gasteiger partial charge in [0.25, 0.3) is 0 Å². The number of hydrogen-bond donors (Lipinski definition) is 1. The van der Waals surface area contributed by atoms with Gasteiger partial charge in [-0.1, -0.05) is 15.9 Å². The summed E-state index contributed by atoms with van der Waals surface area (Å²) >= 11 is 3.43. The summed E-state index contributed by atoms with van der Waals surface area (Å²) in [6.45, 7) is 1.65. The highest BCUT2D eigenvalue weighted by molar-refractivity contribution is 9.10. The molecule has 3 nitrogen and oxygen atoms in total. The number of alkyl halides is 3. The summed E-state index contributed by atoms with van der Waals surface area (Å²) in [7, 11) is 0. The number of anilines is 1. The zero-order valence-corrected chi connectivity index (χ0v) is 12.5. The van der Waals surface area contributed by atoms with E-state index >= 15 is 0 Å². The molecule has 1 saturated heterocycles. The molecule has 0 atom stereocenters. The molecule has 1 aromatic rings. The summed E-state index contributed by atoms with van der Waals surface area (Å²) in [5, 5.41) is 0. The fourth-order valence-electron chi connectivity index (χ4n) is 2.35. The van der Waals surface area contributed by atoms with Gasteiger partial charge < -0.3 is 10.6 Å².